The summed E-state index contributed by atoms with van der Waals surface area (Å²) in [5, 5.41) is -0.161. The van der Waals surface area contributed by atoms with Gasteiger partial charge in [-0.2, -0.15) is 0 Å². The molecule has 24 heavy (non-hydrogen) atoms. The zero-order chi connectivity index (χ0) is 17.2. The molecule has 6 heteroatoms. The molecule has 0 saturated carbocycles. The topological polar surface area (TPSA) is 67.6 Å². The molecule has 5 nitrogen and oxygen atoms in total. The largest absolute Gasteiger partial charge is 0.440 e. The predicted molar refractivity (Wildman–Crippen MR) is 90.6 cm³/mol. The first-order chi connectivity index (χ1) is 11.4. The van der Waals surface area contributed by atoms with Crippen LogP contribution in [0.15, 0.2) is 52.0 Å². The van der Waals surface area contributed by atoms with Gasteiger partial charge in [-0.1, -0.05) is 30.3 Å². The maximum atomic E-state index is 12.6. The molecule has 2 aromatic rings. The Labute approximate surface area is 142 Å². The molecule has 2 heterocycles. The molecular weight excluding hydrogens is 326 g/mol. The average Bonchev–Trinajstić information content (AvgIpc) is 3.22. The van der Waals surface area contributed by atoms with Gasteiger partial charge in [0, 0.05) is 18.8 Å². The summed E-state index contributed by atoms with van der Waals surface area (Å²) in [4.78, 5) is 14.5. The van der Waals surface area contributed by atoms with E-state index in [1.54, 1.807) is 0 Å². The van der Waals surface area contributed by atoms with Crippen LogP contribution in [-0.2, 0) is 16.3 Å². The fourth-order valence-corrected chi connectivity index (χ4v) is 3.71. The van der Waals surface area contributed by atoms with Gasteiger partial charge >= 0.3 is 0 Å². The summed E-state index contributed by atoms with van der Waals surface area (Å²) >= 11 is 0. The van der Waals surface area contributed by atoms with Gasteiger partial charge in [0.15, 0.2) is 5.76 Å². The van der Waals surface area contributed by atoms with E-state index in [4.69, 9.17) is 4.42 Å². The first kappa shape index (κ1) is 16.8. The Bertz CT molecular complexity index is 811. The van der Waals surface area contributed by atoms with Gasteiger partial charge in [0.2, 0.25) is 14.9 Å². The van der Waals surface area contributed by atoms with Crippen LogP contribution < -0.4 is 0 Å². The lowest BCUT2D eigenvalue weighted by Gasteiger charge is -2.23. The van der Waals surface area contributed by atoms with Gasteiger partial charge in [-0.25, -0.2) is 8.42 Å². The number of hydrogen-bond donors (Lipinski definition) is 0. The third kappa shape index (κ3) is 3.70. The number of benzene rings is 1. The quantitative estimate of drug-likeness (QED) is 0.834. The number of rotatable bonds is 5. The standard InChI is InChI=1S/C18H21NO4S/c1-24(21,22)17-12-11-16(23-17)18(20)19-13-5-8-15(19)10-9-14-6-3-2-4-7-14/h2-4,6-7,11-12,15H,5,8-10,13H2,1H3/t15-/m1/s1. The molecule has 128 valence electrons. The van der Waals surface area contributed by atoms with Crippen molar-refractivity contribution in [2.45, 2.75) is 36.8 Å². The molecule has 1 fully saturated rings. The summed E-state index contributed by atoms with van der Waals surface area (Å²) in [5.41, 5.74) is 1.26. The van der Waals surface area contributed by atoms with Crippen molar-refractivity contribution in [3.05, 3.63) is 53.8 Å². The predicted octanol–water partition coefficient (Wildman–Crippen LogP) is 2.92. The van der Waals surface area contributed by atoms with Crippen molar-refractivity contribution < 1.29 is 17.6 Å². The smallest absolute Gasteiger partial charge is 0.289 e. The van der Waals surface area contributed by atoms with Crippen LogP contribution in [0.1, 0.15) is 35.4 Å². The van der Waals surface area contributed by atoms with Crippen molar-refractivity contribution in [3.63, 3.8) is 0 Å². The number of aryl methyl sites for hydroxylation is 1. The van der Waals surface area contributed by atoms with Crippen LogP contribution in [0, 0.1) is 0 Å². The van der Waals surface area contributed by atoms with Gasteiger partial charge in [0.05, 0.1) is 0 Å². The van der Waals surface area contributed by atoms with Crippen LogP contribution in [0.5, 0.6) is 0 Å². The molecule has 1 saturated heterocycles. The first-order valence-electron chi connectivity index (χ1n) is 8.10. The minimum Gasteiger partial charge on any atom is -0.440 e. The maximum absolute atomic E-state index is 12.6. The average molecular weight is 347 g/mol. The molecule has 0 bridgehead atoms. The molecule has 1 aromatic heterocycles. The molecule has 1 atom stereocenters. The number of amides is 1. The van der Waals surface area contributed by atoms with E-state index in [2.05, 4.69) is 12.1 Å². The monoisotopic (exact) mass is 347 g/mol. The van der Waals surface area contributed by atoms with Crippen LogP contribution in [0.4, 0.5) is 0 Å². The fraction of sp³-hybridized carbons (Fsp3) is 0.389. The third-order valence-corrected chi connectivity index (χ3v) is 5.35. The van der Waals surface area contributed by atoms with Crippen molar-refractivity contribution in [1.29, 1.82) is 0 Å². The molecule has 1 aliphatic heterocycles. The second kappa shape index (κ2) is 6.81. The Kier molecular flexibility index (Phi) is 4.76. The van der Waals surface area contributed by atoms with Crippen molar-refractivity contribution in [3.8, 4) is 0 Å². The lowest BCUT2D eigenvalue weighted by atomic mass is 10.0. The van der Waals surface area contributed by atoms with Gasteiger partial charge in [-0.15, -0.1) is 0 Å². The number of likely N-dealkylation sites (tertiary alicyclic amines) is 1. The van der Waals surface area contributed by atoms with E-state index < -0.39 is 9.84 Å². The minimum atomic E-state index is -3.44. The highest BCUT2D eigenvalue weighted by Gasteiger charge is 2.31. The third-order valence-electron chi connectivity index (χ3n) is 4.40. The summed E-state index contributed by atoms with van der Waals surface area (Å²) in [6.45, 7) is 0.688. The van der Waals surface area contributed by atoms with E-state index >= 15 is 0 Å². The lowest BCUT2D eigenvalue weighted by Crippen LogP contribution is -2.35. The van der Waals surface area contributed by atoms with E-state index in [9.17, 15) is 13.2 Å². The Balaban J connectivity index is 1.68. The molecule has 1 amide bonds. The molecule has 0 aliphatic carbocycles. The van der Waals surface area contributed by atoms with Crippen molar-refractivity contribution in [2.24, 2.45) is 0 Å². The van der Waals surface area contributed by atoms with Gasteiger partial charge in [0.1, 0.15) is 0 Å². The number of hydrogen-bond acceptors (Lipinski definition) is 4. The van der Waals surface area contributed by atoms with Crippen LogP contribution in [0.3, 0.4) is 0 Å². The lowest BCUT2D eigenvalue weighted by molar-refractivity contribution is 0.0692. The molecular formula is C18H21NO4S. The fourth-order valence-electron chi connectivity index (χ4n) is 3.16. The van der Waals surface area contributed by atoms with Crippen LogP contribution in [0.2, 0.25) is 0 Å². The summed E-state index contributed by atoms with van der Waals surface area (Å²) in [6, 6.07) is 13.2. The Hall–Kier alpha value is -2.08. The normalized spacial score (nSPS) is 18.0. The van der Waals surface area contributed by atoms with Gasteiger partial charge < -0.3 is 9.32 Å². The zero-order valence-electron chi connectivity index (χ0n) is 13.6. The zero-order valence-corrected chi connectivity index (χ0v) is 14.5. The van der Waals surface area contributed by atoms with E-state index in [0.717, 1.165) is 31.9 Å². The number of nitrogens with zero attached hydrogens (tertiary/aromatic N) is 1. The number of carbonyl (C=O) groups excluding carboxylic acids is 1. The van der Waals surface area contributed by atoms with Gasteiger partial charge in [-0.05, 0) is 43.4 Å². The Morgan fingerprint density at radius 3 is 2.62 bits per heavy atom. The number of carbonyl (C=O) groups is 1. The summed E-state index contributed by atoms with van der Waals surface area (Å²) in [6.07, 6.45) is 4.82. The van der Waals surface area contributed by atoms with Crippen molar-refractivity contribution in [2.75, 3.05) is 12.8 Å². The van der Waals surface area contributed by atoms with Gasteiger partial charge in [0.25, 0.3) is 5.91 Å². The second-order valence-electron chi connectivity index (χ2n) is 6.21. The minimum absolute atomic E-state index is 0.0991. The number of sulfone groups is 1. The molecule has 1 aliphatic rings. The summed E-state index contributed by atoms with van der Waals surface area (Å²) in [7, 11) is -3.44. The molecule has 0 radical (unpaired) electrons. The van der Waals surface area contributed by atoms with Crippen LogP contribution in [0.25, 0.3) is 0 Å². The van der Waals surface area contributed by atoms with Crippen LogP contribution >= 0.6 is 0 Å². The molecule has 3 rings (SSSR count). The molecule has 0 unspecified atom stereocenters. The van der Waals surface area contributed by atoms with Crippen molar-refractivity contribution >= 4 is 15.7 Å². The second-order valence-corrected chi connectivity index (χ2v) is 8.16. The van der Waals surface area contributed by atoms with Crippen molar-refractivity contribution in [1.82, 2.24) is 4.90 Å². The maximum Gasteiger partial charge on any atom is 0.289 e. The highest BCUT2D eigenvalue weighted by molar-refractivity contribution is 7.90. The number of furan rings is 1. The first-order valence-corrected chi connectivity index (χ1v) is 9.99. The van der Waals surface area contributed by atoms with Crippen LogP contribution in [-0.4, -0.2) is 38.1 Å². The van der Waals surface area contributed by atoms with E-state index in [0.29, 0.717) is 6.54 Å². The molecule has 0 spiro atoms. The van der Waals surface area contributed by atoms with E-state index in [1.807, 2.05) is 23.1 Å². The summed E-state index contributed by atoms with van der Waals surface area (Å²) < 4.78 is 28.2. The van der Waals surface area contributed by atoms with Gasteiger partial charge in [-0.3, -0.25) is 4.79 Å². The Morgan fingerprint density at radius 1 is 1.21 bits per heavy atom. The van der Waals surface area contributed by atoms with E-state index in [1.165, 1.54) is 17.7 Å². The van der Waals surface area contributed by atoms with E-state index in [-0.39, 0.29) is 22.8 Å². The highest BCUT2D eigenvalue weighted by atomic mass is 32.2. The SMILES string of the molecule is CS(=O)(=O)c1ccc(C(=O)N2CCC[C@@H]2CCc2ccccc2)o1. The molecule has 0 N–H and O–H groups in total. The molecule has 1 aromatic carbocycles. The Morgan fingerprint density at radius 2 is 1.96 bits per heavy atom. The summed E-state index contributed by atoms with van der Waals surface area (Å²) in [5.74, 6) is -0.123. The highest BCUT2D eigenvalue weighted by Crippen LogP contribution is 2.25.